The molecular formula is C11H15BN2O. The van der Waals surface area contributed by atoms with E-state index < -0.39 is 0 Å². The van der Waals surface area contributed by atoms with Gasteiger partial charge in [-0.15, -0.1) is 0 Å². The third-order valence-corrected chi connectivity index (χ3v) is 2.90. The fraction of sp³-hybridized carbons (Fsp3) is 0.455. The molecule has 3 N–H and O–H groups in total. The van der Waals surface area contributed by atoms with E-state index in [4.69, 9.17) is 13.6 Å². The van der Waals surface area contributed by atoms with E-state index in [2.05, 4.69) is 4.90 Å². The molecule has 0 aromatic heterocycles. The van der Waals surface area contributed by atoms with Gasteiger partial charge in [0, 0.05) is 24.5 Å². The van der Waals surface area contributed by atoms with Crippen molar-refractivity contribution in [1.29, 1.82) is 0 Å². The lowest BCUT2D eigenvalue weighted by Gasteiger charge is -2.31. The fourth-order valence-corrected chi connectivity index (χ4v) is 1.88. The van der Waals surface area contributed by atoms with Gasteiger partial charge in [-0.05, 0) is 31.0 Å². The normalized spacial score (nSPS) is 18.1. The molecule has 2 radical (unpaired) electrons. The Balaban J connectivity index is 2.12. The summed E-state index contributed by atoms with van der Waals surface area (Å²) in [7, 11) is 5.75. The standard InChI is InChI=1S/C11H15BN2O/c12-10-7-8(1-2-11(10)13)14-5-3-9(15)4-6-14/h1-2,7,9,15H,3-6,13H2. The highest BCUT2D eigenvalue weighted by Crippen LogP contribution is 2.19. The van der Waals surface area contributed by atoms with E-state index in [0.29, 0.717) is 11.2 Å². The van der Waals surface area contributed by atoms with E-state index in [1.54, 1.807) is 0 Å². The second kappa shape index (κ2) is 4.15. The zero-order valence-electron chi connectivity index (χ0n) is 8.69. The lowest BCUT2D eigenvalue weighted by Crippen LogP contribution is -2.36. The maximum absolute atomic E-state index is 9.40. The number of nitrogens with two attached hydrogens (primary N) is 1. The van der Waals surface area contributed by atoms with E-state index in [9.17, 15) is 5.11 Å². The molecule has 0 unspecified atom stereocenters. The number of aliphatic hydroxyl groups excluding tert-OH is 1. The molecule has 0 atom stereocenters. The molecule has 1 saturated heterocycles. The van der Waals surface area contributed by atoms with E-state index in [1.165, 1.54) is 0 Å². The molecule has 4 heteroatoms. The second-order valence-corrected chi connectivity index (χ2v) is 4.03. The van der Waals surface area contributed by atoms with Crippen molar-refractivity contribution >= 4 is 24.7 Å². The van der Waals surface area contributed by atoms with Gasteiger partial charge in [0.25, 0.3) is 0 Å². The second-order valence-electron chi connectivity index (χ2n) is 4.03. The first-order valence-corrected chi connectivity index (χ1v) is 5.25. The molecule has 15 heavy (non-hydrogen) atoms. The topological polar surface area (TPSA) is 49.5 Å². The van der Waals surface area contributed by atoms with Crippen LogP contribution in [0.25, 0.3) is 0 Å². The van der Waals surface area contributed by atoms with Crippen LogP contribution in [0, 0.1) is 0 Å². The van der Waals surface area contributed by atoms with Gasteiger partial charge in [0.1, 0.15) is 7.85 Å². The van der Waals surface area contributed by atoms with Crippen molar-refractivity contribution in [1.82, 2.24) is 0 Å². The molecule has 0 aliphatic carbocycles. The largest absolute Gasteiger partial charge is 0.399 e. The Hall–Kier alpha value is -1.16. The molecular weight excluding hydrogens is 187 g/mol. The van der Waals surface area contributed by atoms with Crippen molar-refractivity contribution in [3.05, 3.63) is 18.2 Å². The molecule has 1 aromatic rings. The summed E-state index contributed by atoms with van der Waals surface area (Å²) in [6.45, 7) is 1.76. The highest BCUT2D eigenvalue weighted by atomic mass is 16.3. The molecule has 1 fully saturated rings. The number of nitrogens with zero attached hydrogens (tertiary/aromatic N) is 1. The molecule has 1 aromatic carbocycles. The van der Waals surface area contributed by atoms with Crippen LogP contribution in [0.4, 0.5) is 11.4 Å². The van der Waals surface area contributed by atoms with Crippen molar-refractivity contribution in [2.45, 2.75) is 18.9 Å². The molecule has 78 valence electrons. The summed E-state index contributed by atoms with van der Waals surface area (Å²) in [5.74, 6) is 0. The van der Waals surface area contributed by atoms with Crippen molar-refractivity contribution < 1.29 is 5.11 Å². The first-order valence-electron chi connectivity index (χ1n) is 5.25. The van der Waals surface area contributed by atoms with Gasteiger partial charge in [0.2, 0.25) is 0 Å². The van der Waals surface area contributed by atoms with Gasteiger partial charge in [0.15, 0.2) is 0 Å². The molecule has 3 nitrogen and oxygen atoms in total. The summed E-state index contributed by atoms with van der Waals surface area (Å²) in [6, 6.07) is 5.70. The lowest BCUT2D eigenvalue weighted by molar-refractivity contribution is 0.145. The molecule has 0 spiro atoms. The third kappa shape index (κ3) is 2.26. The van der Waals surface area contributed by atoms with E-state index >= 15 is 0 Å². The summed E-state index contributed by atoms with van der Waals surface area (Å²) < 4.78 is 0. The van der Waals surface area contributed by atoms with Gasteiger partial charge in [-0.1, -0.05) is 5.46 Å². The van der Waals surface area contributed by atoms with Crippen LogP contribution in [0.3, 0.4) is 0 Å². The molecule has 0 amide bonds. The first kappa shape index (κ1) is 10.4. The number of piperidine rings is 1. The molecule has 1 heterocycles. The number of hydrogen-bond donors (Lipinski definition) is 2. The summed E-state index contributed by atoms with van der Waals surface area (Å²) in [5, 5.41) is 9.40. The van der Waals surface area contributed by atoms with Crippen molar-refractivity contribution in [2.75, 3.05) is 23.7 Å². The number of aliphatic hydroxyl groups is 1. The molecule has 0 bridgehead atoms. The Morgan fingerprint density at radius 1 is 1.33 bits per heavy atom. The Labute approximate surface area is 91.3 Å². The minimum atomic E-state index is -0.146. The highest BCUT2D eigenvalue weighted by molar-refractivity contribution is 6.35. The van der Waals surface area contributed by atoms with Crippen LogP contribution in [0.2, 0.25) is 0 Å². The SMILES string of the molecule is [B]c1cc(N2CCC(O)CC2)ccc1N. The van der Waals surface area contributed by atoms with Crippen LogP contribution in [-0.2, 0) is 0 Å². The van der Waals surface area contributed by atoms with Crippen LogP contribution in [-0.4, -0.2) is 32.1 Å². The minimum absolute atomic E-state index is 0.146. The lowest BCUT2D eigenvalue weighted by atomic mass is 9.93. The zero-order chi connectivity index (χ0) is 10.8. The Bertz CT molecular complexity index is 348. The number of anilines is 2. The van der Waals surface area contributed by atoms with Gasteiger partial charge < -0.3 is 15.7 Å². The summed E-state index contributed by atoms with van der Waals surface area (Å²) >= 11 is 0. The van der Waals surface area contributed by atoms with Crippen molar-refractivity contribution in [2.24, 2.45) is 0 Å². The molecule has 1 aliphatic heterocycles. The average molecular weight is 202 g/mol. The Kier molecular flexibility index (Phi) is 2.87. The van der Waals surface area contributed by atoms with E-state index in [-0.39, 0.29) is 6.10 Å². The monoisotopic (exact) mass is 202 g/mol. The predicted octanol–water partition coefficient (Wildman–Crippen LogP) is 0.0237. The molecule has 1 aliphatic rings. The van der Waals surface area contributed by atoms with Gasteiger partial charge in [-0.2, -0.15) is 0 Å². The summed E-state index contributed by atoms with van der Waals surface area (Å²) in [6.07, 6.45) is 1.50. The van der Waals surface area contributed by atoms with Crippen LogP contribution in [0.5, 0.6) is 0 Å². The summed E-state index contributed by atoms with van der Waals surface area (Å²) in [5.41, 5.74) is 7.99. The van der Waals surface area contributed by atoms with E-state index in [0.717, 1.165) is 31.6 Å². The third-order valence-electron chi connectivity index (χ3n) is 2.90. The van der Waals surface area contributed by atoms with Gasteiger partial charge >= 0.3 is 0 Å². The van der Waals surface area contributed by atoms with Crippen LogP contribution in [0.15, 0.2) is 18.2 Å². The smallest absolute Gasteiger partial charge is 0.116 e. The molecule has 0 saturated carbocycles. The highest BCUT2D eigenvalue weighted by Gasteiger charge is 2.17. The van der Waals surface area contributed by atoms with Gasteiger partial charge in [-0.3, -0.25) is 0 Å². The number of hydrogen-bond acceptors (Lipinski definition) is 3. The number of benzene rings is 1. The quantitative estimate of drug-likeness (QED) is 0.498. The van der Waals surface area contributed by atoms with Crippen molar-refractivity contribution in [3.63, 3.8) is 0 Å². The fourth-order valence-electron chi connectivity index (χ4n) is 1.88. The van der Waals surface area contributed by atoms with E-state index in [1.807, 2.05) is 18.2 Å². The van der Waals surface area contributed by atoms with Crippen molar-refractivity contribution in [3.8, 4) is 0 Å². The maximum atomic E-state index is 9.40. The predicted molar refractivity (Wildman–Crippen MR) is 63.7 cm³/mol. The Morgan fingerprint density at radius 3 is 2.60 bits per heavy atom. The van der Waals surface area contributed by atoms with Crippen LogP contribution in [0.1, 0.15) is 12.8 Å². The van der Waals surface area contributed by atoms with Crippen LogP contribution < -0.4 is 16.1 Å². The zero-order valence-corrected chi connectivity index (χ0v) is 8.69. The van der Waals surface area contributed by atoms with Gasteiger partial charge in [0.05, 0.1) is 6.10 Å². The van der Waals surface area contributed by atoms with Gasteiger partial charge in [-0.25, -0.2) is 0 Å². The number of rotatable bonds is 1. The number of nitrogen functional groups attached to an aromatic ring is 1. The summed E-state index contributed by atoms with van der Waals surface area (Å²) in [4.78, 5) is 2.22. The first-order chi connectivity index (χ1) is 7.16. The Morgan fingerprint density at radius 2 is 2.00 bits per heavy atom. The molecule has 2 rings (SSSR count). The maximum Gasteiger partial charge on any atom is 0.116 e. The minimum Gasteiger partial charge on any atom is -0.399 e. The average Bonchev–Trinajstić information content (AvgIpc) is 2.23. The van der Waals surface area contributed by atoms with Crippen LogP contribution >= 0.6 is 0 Å².